The molecule has 4 heterocycles. The summed E-state index contributed by atoms with van der Waals surface area (Å²) in [7, 11) is 1.88. The largest absolute Gasteiger partial charge is 0.395 e. The Balaban J connectivity index is 1.55. The van der Waals surface area contributed by atoms with E-state index in [1.54, 1.807) is 23.3 Å². The van der Waals surface area contributed by atoms with Crippen LogP contribution in [0.25, 0.3) is 22.4 Å². The van der Waals surface area contributed by atoms with Crippen molar-refractivity contribution in [3.63, 3.8) is 0 Å². The Labute approximate surface area is 158 Å². The number of nitrogens with zero attached hydrogens (tertiary/aromatic N) is 6. The van der Waals surface area contributed by atoms with Crippen LogP contribution in [0.2, 0.25) is 0 Å². The van der Waals surface area contributed by atoms with Crippen molar-refractivity contribution in [2.75, 3.05) is 31.6 Å². The topological polar surface area (TPSA) is 92.0 Å². The van der Waals surface area contributed by atoms with Crippen LogP contribution in [0.15, 0.2) is 30.7 Å². The highest BCUT2D eigenvalue weighted by atomic mass is 16.3. The molecule has 4 rings (SSSR count). The smallest absolute Gasteiger partial charge is 0.165 e. The zero-order chi connectivity index (χ0) is 18.6. The first kappa shape index (κ1) is 17.8. The van der Waals surface area contributed by atoms with Gasteiger partial charge in [0, 0.05) is 44.1 Å². The third-order valence-electron chi connectivity index (χ3n) is 5.16. The molecule has 8 nitrogen and oxygen atoms in total. The van der Waals surface area contributed by atoms with Crippen LogP contribution in [0.1, 0.15) is 19.3 Å². The molecule has 1 aliphatic rings. The highest BCUT2D eigenvalue weighted by molar-refractivity contribution is 5.88. The Bertz CT molecular complexity index is 896. The predicted molar refractivity (Wildman–Crippen MR) is 104 cm³/mol. The number of rotatable bonds is 6. The van der Waals surface area contributed by atoms with Crippen molar-refractivity contribution in [2.45, 2.75) is 25.3 Å². The zero-order valence-electron chi connectivity index (χ0n) is 15.5. The maximum absolute atomic E-state index is 9.58. The molecular formula is C19H25N7O. The monoisotopic (exact) mass is 367 g/mol. The van der Waals surface area contributed by atoms with E-state index in [1.165, 1.54) is 12.8 Å². The SMILES string of the molecule is Cn1ncc2c(NCCN3CCCCC3CO)nc(-c3cccnc3)nc21. The lowest BCUT2D eigenvalue weighted by atomic mass is 10.0. The standard InChI is InChI=1S/C19H25N7O/c1-25-19-16(12-22-25)18(23-17(24-19)14-5-4-7-20-11-14)21-8-10-26-9-3-2-6-15(26)13-27/h4-5,7,11-12,15,27H,2-3,6,8-10,13H2,1H3,(H,21,23,24). The van der Waals surface area contributed by atoms with E-state index in [-0.39, 0.29) is 12.6 Å². The van der Waals surface area contributed by atoms with Crippen LogP contribution in [0, 0.1) is 0 Å². The maximum atomic E-state index is 9.58. The molecule has 3 aromatic rings. The van der Waals surface area contributed by atoms with Crippen LogP contribution in [0.5, 0.6) is 0 Å². The third kappa shape index (κ3) is 3.77. The second-order valence-corrected chi connectivity index (χ2v) is 6.94. The van der Waals surface area contributed by atoms with Gasteiger partial charge in [0.05, 0.1) is 18.2 Å². The van der Waals surface area contributed by atoms with Crippen LogP contribution in [-0.4, -0.2) is 67.0 Å². The first-order chi connectivity index (χ1) is 13.3. The predicted octanol–water partition coefficient (Wildman–Crippen LogP) is 1.68. The number of aliphatic hydroxyl groups is 1. The number of nitrogens with one attached hydrogen (secondary N) is 1. The first-order valence-electron chi connectivity index (χ1n) is 9.45. The van der Waals surface area contributed by atoms with Gasteiger partial charge in [-0.05, 0) is 31.5 Å². The number of hydrogen-bond donors (Lipinski definition) is 2. The average Bonchev–Trinajstić information content (AvgIpc) is 3.10. The Morgan fingerprint density at radius 1 is 1.26 bits per heavy atom. The van der Waals surface area contributed by atoms with E-state index in [0.717, 1.165) is 48.5 Å². The minimum atomic E-state index is 0.228. The number of anilines is 1. The molecule has 1 unspecified atom stereocenters. The van der Waals surface area contributed by atoms with Gasteiger partial charge in [-0.2, -0.15) is 5.10 Å². The van der Waals surface area contributed by atoms with Crippen molar-refractivity contribution in [1.82, 2.24) is 29.6 Å². The molecule has 142 valence electrons. The van der Waals surface area contributed by atoms with Gasteiger partial charge < -0.3 is 10.4 Å². The fourth-order valence-corrected chi connectivity index (χ4v) is 3.66. The van der Waals surface area contributed by atoms with Gasteiger partial charge in [-0.1, -0.05) is 6.42 Å². The lowest BCUT2D eigenvalue weighted by molar-refractivity contribution is 0.0940. The minimum Gasteiger partial charge on any atom is -0.395 e. The van der Waals surface area contributed by atoms with E-state index >= 15 is 0 Å². The zero-order valence-corrected chi connectivity index (χ0v) is 15.5. The van der Waals surface area contributed by atoms with E-state index in [4.69, 9.17) is 4.98 Å². The van der Waals surface area contributed by atoms with Crippen molar-refractivity contribution in [2.24, 2.45) is 7.05 Å². The van der Waals surface area contributed by atoms with Gasteiger partial charge in [0.2, 0.25) is 0 Å². The Morgan fingerprint density at radius 2 is 2.19 bits per heavy atom. The van der Waals surface area contributed by atoms with Crippen LogP contribution < -0.4 is 5.32 Å². The number of likely N-dealkylation sites (tertiary alicyclic amines) is 1. The second kappa shape index (κ2) is 7.98. The normalized spacial score (nSPS) is 18.1. The van der Waals surface area contributed by atoms with Gasteiger partial charge in [0.25, 0.3) is 0 Å². The van der Waals surface area contributed by atoms with E-state index in [2.05, 4.69) is 25.3 Å². The van der Waals surface area contributed by atoms with Crippen molar-refractivity contribution in [1.29, 1.82) is 0 Å². The third-order valence-corrected chi connectivity index (χ3v) is 5.16. The summed E-state index contributed by atoms with van der Waals surface area (Å²) in [5.41, 5.74) is 1.66. The fourth-order valence-electron chi connectivity index (χ4n) is 3.66. The molecule has 0 bridgehead atoms. The summed E-state index contributed by atoms with van der Waals surface area (Å²) < 4.78 is 1.76. The summed E-state index contributed by atoms with van der Waals surface area (Å²) in [5.74, 6) is 1.41. The number of piperidine rings is 1. The van der Waals surface area contributed by atoms with Crippen LogP contribution >= 0.6 is 0 Å². The van der Waals surface area contributed by atoms with Gasteiger partial charge in [-0.3, -0.25) is 14.6 Å². The molecule has 0 spiro atoms. The van der Waals surface area contributed by atoms with Gasteiger partial charge in [0.1, 0.15) is 5.82 Å². The molecular weight excluding hydrogens is 342 g/mol. The number of aromatic nitrogens is 5. The molecule has 0 aliphatic carbocycles. The quantitative estimate of drug-likeness (QED) is 0.685. The molecule has 0 aromatic carbocycles. The van der Waals surface area contributed by atoms with E-state index < -0.39 is 0 Å². The highest BCUT2D eigenvalue weighted by Gasteiger charge is 2.21. The van der Waals surface area contributed by atoms with E-state index in [0.29, 0.717) is 5.82 Å². The van der Waals surface area contributed by atoms with Crippen molar-refractivity contribution in [3.05, 3.63) is 30.7 Å². The molecule has 0 saturated carbocycles. The van der Waals surface area contributed by atoms with Crippen LogP contribution in [0.3, 0.4) is 0 Å². The van der Waals surface area contributed by atoms with Crippen molar-refractivity contribution < 1.29 is 5.11 Å². The van der Waals surface area contributed by atoms with Crippen molar-refractivity contribution >= 4 is 16.9 Å². The Kier molecular flexibility index (Phi) is 5.26. The highest BCUT2D eigenvalue weighted by Crippen LogP contribution is 2.24. The molecule has 2 N–H and O–H groups in total. The van der Waals surface area contributed by atoms with Gasteiger partial charge in [0.15, 0.2) is 11.5 Å². The lowest BCUT2D eigenvalue weighted by Crippen LogP contribution is -2.44. The van der Waals surface area contributed by atoms with Gasteiger partial charge in [-0.15, -0.1) is 0 Å². The fraction of sp³-hybridized carbons (Fsp3) is 0.474. The average molecular weight is 367 g/mol. The number of aliphatic hydroxyl groups excluding tert-OH is 1. The summed E-state index contributed by atoms with van der Waals surface area (Å²) in [6.45, 7) is 2.90. The molecule has 1 atom stereocenters. The molecule has 1 saturated heterocycles. The molecule has 0 amide bonds. The molecule has 3 aromatic heterocycles. The van der Waals surface area contributed by atoms with Crippen LogP contribution in [0.4, 0.5) is 5.82 Å². The summed E-state index contributed by atoms with van der Waals surface area (Å²) in [5, 5.41) is 18.3. The van der Waals surface area contributed by atoms with Gasteiger partial charge >= 0.3 is 0 Å². The van der Waals surface area contributed by atoms with Crippen molar-refractivity contribution in [3.8, 4) is 11.4 Å². The van der Waals surface area contributed by atoms with E-state index in [9.17, 15) is 5.11 Å². The Hall–Kier alpha value is -2.58. The first-order valence-corrected chi connectivity index (χ1v) is 9.45. The number of pyridine rings is 1. The minimum absolute atomic E-state index is 0.228. The molecule has 1 fully saturated rings. The van der Waals surface area contributed by atoms with Gasteiger partial charge in [-0.25, -0.2) is 9.97 Å². The van der Waals surface area contributed by atoms with Crippen LogP contribution in [-0.2, 0) is 7.05 Å². The summed E-state index contributed by atoms with van der Waals surface area (Å²) in [6, 6.07) is 4.11. The summed E-state index contributed by atoms with van der Waals surface area (Å²) >= 11 is 0. The number of fused-ring (bicyclic) bond motifs is 1. The molecule has 1 aliphatic heterocycles. The maximum Gasteiger partial charge on any atom is 0.165 e. The lowest BCUT2D eigenvalue weighted by Gasteiger charge is -2.34. The summed E-state index contributed by atoms with van der Waals surface area (Å²) in [4.78, 5) is 15.9. The molecule has 0 radical (unpaired) electrons. The molecule has 27 heavy (non-hydrogen) atoms. The number of aryl methyl sites for hydroxylation is 1. The molecule has 8 heteroatoms. The second-order valence-electron chi connectivity index (χ2n) is 6.94. The number of hydrogen-bond acceptors (Lipinski definition) is 7. The summed E-state index contributed by atoms with van der Waals surface area (Å²) in [6.07, 6.45) is 8.76. The Morgan fingerprint density at radius 3 is 3.00 bits per heavy atom. The van der Waals surface area contributed by atoms with E-state index in [1.807, 2.05) is 19.2 Å².